The van der Waals surface area contributed by atoms with E-state index < -0.39 is 0 Å². The molecule has 3 nitrogen and oxygen atoms in total. The molecule has 4 atom stereocenters. The second-order valence-corrected chi connectivity index (χ2v) is 4.29. The Labute approximate surface area is 81.4 Å². The van der Waals surface area contributed by atoms with Crippen LogP contribution < -0.4 is 0 Å². The van der Waals surface area contributed by atoms with Crippen molar-refractivity contribution in [3.8, 4) is 0 Å². The van der Waals surface area contributed by atoms with Gasteiger partial charge in [-0.15, -0.1) is 6.58 Å². The van der Waals surface area contributed by atoms with Crippen LogP contribution in [0.1, 0.15) is 6.42 Å². The maximum atomic E-state index is 11.5. The van der Waals surface area contributed by atoms with Crippen molar-refractivity contribution in [3.63, 3.8) is 0 Å². The molecule has 72 valence electrons. The van der Waals surface area contributed by atoms with Crippen molar-refractivity contribution in [1.82, 2.24) is 0 Å². The van der Waals surface area contributed by atoms with Crippen LogP contribution in [0.15, 0.2) is 24.8 Å². The van der Waals surface area contributed by atoms with Crippen LogP contribution in [0.4, 0.5) is 0 Å². The predicted molar refractivity (Wildman–Crippen MR) is 48.0 cm³/mol. The van der Waals surface area contributed by atoms with E-state index in [0.717, 1.165) is 6.42 Å². The Morgan fingerprint density at radius 2 is 2.29 bits per heavy atom. The second kappa shape index (κ2) is 2.16. The lowest BCUT2D eigenvalue weighted by molar-refractivity contribution is -0.155. The van der Waals surface area contributed by atoms with Crippen molar-refractivity contribution in [2.75, 3.05) is 0 Å². The van der Waals surface area contributed by atoms with Gasteiger partial charge >= 0.3 is 11.9 Å². The summed E-state index contributed by atoms with van der Waals surface area (Å²) in [7, 11) is 0. The van der Waals surface area contributed by atoms with E-state index in [2.05, 4.69) is 11.3 Å². The Kier molecular flexibility index (Phi) is 1.23. The number of hydrogen-bond donors (Lipinski definition) is 0. The zero-order valence-corrected chi connectivity index (χ0v) is 7.60. The Hall–Kier alpha value is -1.38. The van der Waals surface area contributed by atoms with Crippen LogP contribution in [-0.2, 0) is 14.3 Å². The number of carbonyl (C=O) groups excluding carboxylic acids is 2. The number of allylic oxidation sites excluding steroid dienone is 3. The van der Waals surface area contributed by atoms with E-state index >= 15 is 0 Å². The fourth-order valence-corrected chi connectivity index (χ4v) is 3.09. The lowest BCUT2D eigenvalue weighted by atomic mass is 9.75. The molecule has 0 aromatic heterocycles. The number of hydrogen-bond acceptors (Lipinski definition) is 3. The molecule has 0 aromatic rings. The molecule has 2 aliphatic carbocycles. The number of carbonyl (C=O) groups is 2. The third-order valence-electron chi connectivity index (χ3n) is 3.75. The molecule has 2 unspecified atom stereocenters. The summed E-state index contributed by atoms with van der Waals surface area (Å²) in [5, 5.41) is 0. The van der Waals surface area contributed by atoms with E-state index in [1.165, 1.54) is 0 Å². The third-order valence-corrected chi connectivity index (χ3v) is 3.75. The van der Waals surface area contributed by atoms with Gasteiger partial charge in [-0.25, -0.2) is 0 Å². The molecule has 2 bridgehead atoms. The SMILES string of the molecule is C=CC12C=CC(C1)[C@@H]1C(=O)OC(=O)[C@@H]12. The third kappa shape index (κ3) is 0.659. The molecule has 0 spiro atoms. The summed E-state index contributed by atoms with van der Waals surface area (Å²) >= 11 is 0. The maximum Gasteiger partial charge on any atom is 0.318 e. The molecule has 3 rings (SSSR count). The summed E-state index contributed by atoms with van der Waals surface area (Å²) in [4.78, 5) is 22.9. The second-order valence-electron chi connectivity index (χ2n) is 4.29. The van der Waals surface area contributed by atoms with Gasteiger partial charge in [0.15, 0.2) is 0 Å². The van der Waals surface area contributed by atoms with Gasteiger partial charge in [0.1, 0.15) is 0 Å². The van der Waals surface area contributed by atoms with Crippen LogP contribution in [0.2, 0.25) is 0 Å². The van der Waals surface area contributed by atoms with Gasteiger partial charge in [0.05, 0.1) is 11.8 Å². The molecule has 0 amide bonds. The minimum atomic E-state index is -0.369. The van der Waals surface area contributed by atoms with E-state index in [9.17, 15) is 9.59 Å². The number of cyclic esters (lactones) is 2. The summed E-state index contributed by atoms with van der Waals surface area (Å²) in [6, 6.07) is 0. The molecule has 0 aromatic carbocycles. The van der Waals surface area contributed by atoms with Gasteiger partial charge in [0, 0.05) is 5.41 Å². The minimum Gasteiger partial charge on any atom is -0.393 e. The lowest BCUT2D eigenvalue weighted by Crippen LogP contribution is -2.29. The molecule has 14 heavy (non-hydrogen) atoms. The lowest BCUT2D eigenvalue weighted by Gasteiger charge is -2.24. The van der Waals surface area contributed by atoms with Gasteiger partial charge in [-0.1, -0.05) is 18.2 Å². The normalized spacial score (nSPS) is 48.1. The zero-order chi connectivity index (χ0) is 9.92. The molecule has 2 fully saturated rings. The van der Waals surface area contributed by atoms with Gasteiger partial charge in [-0.05, 0) is 12.3 Å². The van der Waals surface area contributed by atoms with E-state index in [0.29, 0.717) is 0 Å². The fraction of sp³-hybridized carbons (Fsp3) is 0.455. The van der Waals surface area contributed by atoms with Crippen molar-refractivity contribution in [1.29, 1.82) is 0 Å². The van der Waals surface area contributed by atoms with Crippen molar-refractivity contribution in [3.05, 3.63) is 24.8 Å². The number of fused-ring (bicyclic) bond motifs is 5. The molecule has 1 heterocycles. The summed E-state index contributed by atoms with van der Waals surface area (Å²) < 4.78 is 4.67. The first-order chi connectivity index (χ1) is 6.68. The Balaban J connectivity index is 2.14. The summed E-state index contributed by atoms with van der Waals surface area (Å²) in [5.74, 6) is -1.09. The molecule has 3 aliphatic rings. The van der Waals surface area contributed by atoms with Crippen molar-refractivity contribution >= 4 is 11.9 Å². The summed E-state index contributed by atoms with van der Waals surface area (Å²) in [6.45, 7) is 3.76. The average Bonchev–Trinajstić information content (AvgIpc) is 2.78. The predicted octanol–water partition coefficient (Wildman–Crippen LogP) is 1.06. The van der Waals surface area contributed by atoms with E-state index in [1.54, 1.807) is 6.08 Å². The van der Waals surface area contributed by atoms with Gasteiger partial charge in [0.2, 0.25) is 0 Å². The molecule has 1 saturated heterocycles. The highest BCUT2D eigenvalue weighted by Crippen LogP contribution is 2.59. The van der Waals surface area contributed by atoms with Crippen molar-refractivity contribution in [2.45, 2.75) is 6.42 Å². The first-order valence-corrected chi connectivity index (χ1v) is 4.76. The molecule has 1 saturated carbocycles. The topological polar surface area (TPSA) is 43.4 Å². The molecule has 3 heteroatoms. The highest BCUT2D eigenvalue weighted by atomic mass is 16.6. The zero-order valence-electron chi connectivity index (χ0n) is 7.60. The summed E-state index contributed by atoms with van der Waals surface area (Å²) in [5.41, 5.74) is -0.307. The van der Waals surface area contributed by atoms with Crippen LogP contribution in [0.25, 0.3) is 0 Å². The van der Waals surface area contributed by atoms with Gasteiger partial charge in [-0.2, -0.15) is 0 Å². The summed E-state index contributed by atoms with van der Waals surface area (Å²) in [6.07, 6.45) is 6.65. The van der Waals surface area contributed by atoms with Crippen LogP contribution in [0.5, 0.6) is 0 Å². The van der Waals surface area contributed by atoms with Gasteiger partial charge in [0.25, 0.3) is 0 Å². The Morgan fingerprint density at radius 1 is 1.50 bits per heavy atom. The first-order valence-electron chi connectivity index (χ1n) is 4.76. The molecular formula is C11H10O3. The standard InChI is InChI=1S/C11H10O3/c1-2-11-4-3-6(5-11)7-8(11)10(13)14-9(7)12/h2-4,6-8H,1,5H2/t6?,7-,8+,11?/m0/s1. The molecule has 0 N–H and O–H groups in total. The number of esters is 2. The van der Waals surface area contributed by atoms with Crippen LogP contribution in [0.3, 0.4) is 0 Å². The minimum absolute atomic E-state index is 0.178. The van der Waals surface area contributed by atoms with E-state index in [4.69, 9.17) is 0 Å². The highest BCUT2D eigenvalue weighted by Gasteiger charge is 2.64. The van der Waals surface area contributed by atoms with E-state index in [1.807, 2.05) is 12.2 Å². The fourth-order valence-electron chi connectivity index (χ4n) is 3.09. The first kappa shape index (κ1) is 7.97. The average molecular weight is 190 g/mol. The maximum absolute atomic E-state index is 11.5. The van der Waals surface area contributed by atoms with Crippen LogP contribution >= 0.6 is 0 Å². The molecular weight excluding hydrogens is 180 g/mol. The number of ether oxygens (including phenoxy) is 1. The number of rotatable bonds is 1. The molecule has 0 radical (unpaired) electrons. The van der Waals surface area contributed by atoms with Gasteiger partial charge < -0.3 is 4.74 Å². The monoisotopic (exact) mass is 190 g/mol. The van der Waals surface area contributed by atoms with Crippen LogP contribution in [0, 0.1) is 23.2 Å². The van der Waals surface area contributed by atoms with Crippen molar-refractivity contribution < 1.29 is 14.3 Å². The largest absolute Gasteiger partial charge is 0.393 e. The quantitative estimate of drug-likeness (QED) is 0.353. The van der Waals surface area contributed by atoms with Crippen LogP contribution in [-0.4, -0.2) is 11.9 Å². The Morgan fingerprint density at radius 3 is 3.00 bits per heavy atom. The smallest absolute Gasteiger partial charge is 0.318 e. The van der Waals surface area contributed by atoms with Gasteiger partial charge in [-0.3, -0.25) is 9.59 Å². The highest BCUT2D eigenvalue weighted by molar-refractivity contribution is 5.98. The Bertz CT molecular complexity index is 382. The van der Waals surface area contributed by atoms with E-state index in [-0.39, 0.29) is 35.1 Å². The van der Waals surface area contributed by atoms with Crippen molar-refractivity contribution in [2.24, 2.45) is 23.2 Å². The molecule has 1 aliphatic heterocycles.